The molecule has 6 nitrogen and oxygen atoms in total. The van der Waals surface area contributed by atoms with Crippen molar-refractivity contribution in [1.82, 2.24) is 14.3 Å². The molecular formula is C14H19N3O3S. The normalized spacial score (nSPS) is 11.7. The summed E-state index contributed by atoms with van der Waals surface area (Å²) < 4.78 is 28.6. The number of hydrogen-bond acceptors (Lipinski definition) is 4. The van der Waals surface area contributed by atoms with Gasteiger partial charge in [-0.15, -0.1) is 0 Å². The second-order valence-electron chi connectivity index (χ2n) is 4.67. The van der Waals surface area contributed by atoms with Crippen molar-refractivity contribution in [3.8, 4) is 0 Å². The smallest absolute Gasteiger partial charge is 0.240 e. The molecule has 1 aromatic heterocycles. The van der Waals surface area contributed by atoms with Crippen LogP contribution in [0.5, 0.6) is 0 Å². The van der Waals surface area contributed by atoms with E-state index in [1.165, 1.54) is 0 Å². The summed E-state index contributed by atoms with van der Waals surface area (Å²) in [6, 6.07) is 6.55. The van der Waals surface area contributed by atoms with Crippen LogP contribution in [0.2, 0.25) is 0 Å². The van der Waals surface area contributed by atoms with Crippen molar-refractivity contribution in [2.24, 2.45) is 0 Å². The lowest BCUT2D eigenvalue weighted by Crippen LogP contribution is -2.25. The molecule has 0 fully saturated rings. The molecule has 114 valence electrons. The topological polar surface area (TPSA) is 84.2 Å². The number of hydrogen-bond donors (Lipinski definition) is 2. The molecular weight excluding hydrogens is 290 g/mol. The molecule has 2 N–H and O–H groups in total. The third-order valence-electron chi connectivity index (χ3n) is 3.08. The van der Waals surface area contributed by atoms with Gasteiger partial charge in [0.15, 0.2) is 0 Å². The summed E-state index contributed by atoms with van der Waals surface area (Å²) in [5.74, 6) is 0. The van der Waals surface area contributed by atoms with Gasteiger partial charge in [0.05, 0.1) is 11.2 Å². The number of sulfonamides is 1. The van der Waals surface area contributed by atoms with Gasteiger partial charge in [-0.25, -0.2) is 18.1 Å². The molecule has 0 saturated carbocycles. The standard InChI is InChI=1S/C14H19N3O3S/c18-11-6-13-2-4-14(5-3-13)21(19,20)16-7-1-9-17-10-8-15-12-17/h2-5,8,10,12,16,18H,1,6-7,9,11H2. The lowest BCUT2D eigenvalue weighted by atomic mass is 10.2. The van der Waals surface area contributed by atoms with Crippen molar-refractivity contribution in [2.75, 3.05) is 13.2 Å². The predicted octanol–water partition coefficient (Wildman–Crippen LogP) is 0.786. The summed E-state index contributed by atoms with van der Waals surface area (Å²) >= 11 is 0. The zero-order valence-electron chi connectivity index (χ0n) is 11.6. The number of aliphatic hydroxyl groups is 1. The van der Waals surface area contributed by atoms with Gasteiger partial charge < -0.3 is 9.67 Å². The molecule has 0 radical (unpaired) electrons. The van der Waals surface area contributed by atoms with E-state index in [4.69, 9.17) is 5.11 Å². The second kappa shape index (κ2) is 7.35. The number of aliphatic hydroxyl groups excluding tert-OH is 1. The van der Waals surface area contributed by atoms with Crippen LogP contribution in [-0.2, 0) is 23.0 Å². The minimum absolute atomic E-state index is 0.0542. The van der Waals surface area contributed by atoms with Crippen LogP contribution in [-0.4, -0.2) is 36.2 Å². The maximum absolute atomic E-state index is 12.1. The fourth-order valence-corrected chi connectivity index (χ4v) is 3.01. The van der Waals surface area contributed by atoms with Gasteiger partial charge >= 0.3 is 0 Å². The van der Waals surface area contributed by atoms with E-state index in [2.05, 4.69) is 9.71 Å². The lowest BCUT2D eigenvalue weighted by Gasteiger charge is -2.08. The minimum Gasteiger partial charge on any atom is -0.396 e. The van der Waals surface area contributed by atoms with Crippen molar-refractivity contribution in [3.05, 3.63) is 48.5 Å². The fourth-order valence-electron chi connectivity index (χ4n) is 1.93. The van der Waals surface area contributed by atoms with E-state index in [1.54, 1.807) is 36.8 Å². The summed E-state index contributed by atoms with van der Waals surface area (Å²) in [6.07, 6.45) is 6.46. The first kappa shape index (κ1) is 15.7. The van der Waals surface area contributed by atoms with Crippen molar-refractivity contribution in [3.63, 3.8) is 0 Å². The Morgan fingerprint density at radius 3 is 2.62 bits per heavy atom. The van der Waals surface area contributed by atoms with Crippen LogP contribution in [0, 0.1) is 0 Å². The highest BCUT2D eigenvalue weighted by molar-refractivity contribution is 7.89. The highest BCUT2D eigenvalue weighted by atomic mass is 32.2. The van der Waals surface area contributed by atoms with Gasteiger partial charge in [0.25, 0.3) is 0 Å². The van der Waals surface area contributed by atoms with E-state index in [0.717, 1.165) is 12.1 Å². The Hall–Kier alpha value is -1.70. The summed E-state index contributed by atoms with van der Waals surface area (Å²) in [4.78, 5) is 4.17. The van der Waals surface area contributed by atoms with Crippen LogP contribution in [0.25, 0.3) is 0 Å². The highest BCUT2D eigenvalue weighted by Crippen LogP contribution is 2.10. The number of imidazole rings is 1. The first-order valence-corrected chi connectivity index (χ1v) is 8.25. The van der Waals surface area contributed by atoms with Gasteiger partial charge in [0, 0.05) is 32.1 Å². The Balaban J connectivity index is 1.85. The van der Waals surface area contributed by atoms with Crippen molar-refractivity contribution >= 4 is 10.0 Å². The Bertz CT molecular complexity index is 637. The van der Waals surface area contributed by atoms with Gasteiger partial charge in [-0.1, -0.05) is 12.1 Å². The Morgan fingerprint density at radius 1 is 1.24 bits per heavy atom. The molecule has 0 amide bonds. The Morgan fingerprint density at radius 2 is 2.00 bits per heavy atom. The number of benzene rings is 1. The number of nitrogens with one attached hydrogen (secondary N) is 1. The molecule has 1 aromatic carbocycles. The molecule has 2 aromatic rings. The second-order valence-corrected chi connectivity index (χ2v) is 6.44. The van der Waals surface area contributed by atoms with Crippen LogP contribution < -0.4 is 4.72 Å². The van der Waals surface area contributed by atoms with Gasteiger partial charge in [-0.3, -0.25) is 0 Å². The quantitative estimate of drug-likeness (QED) is 0.706. The molecule has 1 heterocycles. The van der Waals surface area contributed by atoms with Crippen LogP contribution in [0.1, 0.15) is 12.0 Å². The molecule has 0 bridgehead atoms. The van der Waals surface area contributed by atoms with E-state index in [1.807, 2.05) is 10.8 Å². The third kappa shape index (κ3) is 4.66. The van der Waals surface area contributed by atoms with E-state index in [0.29, 0.717) is 19.4 Å². The van der Waals surface area contributed by atoms with Crippen molar-refractivity contribution in [2.45, 2.75) is 24.3 Å². The van der Waals surface area contributed by atoms with Crippen molar-refractivity contribution in [1.29, 1.82) is 0 Å². The predicted molar refractivity (Wildman–Crippen MR) is 79.3 cm³/mol. The maximum atomic E-state index is 12.1. The molecule has 7 heteroatoms. The number of rotatable bonds is 8. The molecule has 0 spiro atoms. The zero-order chi connectivity index (χ0) is 15.1. The number of aryl methyl sites for hydroxylation is 1. The van der Waals surface area contributed by atoms with Crippen molar-refractivity contribution < 1.29 is 13.5 Å². The minimum atomic E-state index is -3.47. The van der Waals surface area contributed by atoms with Crippen LogP contribution in [0.4, 0.5) is 0 Å². The lowest BCUT2D eigenvalue weighted by molar-refractivity contribution is 0.299. The Labute approximate surface area is 124 Å². The molecule has 0 unspecified atom stereocenters. The SMILES string of the molecule is O=S(=O)(NCCCn1ccnc1)c1ccc(CCO)cc1. The molecule has 0 atom stereocenters. The first-order valence-electron chi connectivity index (χ1n) is 6.77. The van der Waals surface area contributed by atoms with Gasteiger partial charge in [-0.2, -0.15) is 0 Å². The molecule has 0 aliphatic carbocycles. The highest BCUT2D eigenvalue weighted by Gasteiger charge is 2.12. The molecule has 0 aliphatic heterocycles. The number of nitrogens with zero attached hydrogens (tertiary/aromatic N) is 2. The summed E-state index contributed by atoms with van der Waals surface area (Å²) in [5.41, 5.74) is 0.913. The van der Waals surface area contributed by atoms with Gasteiger partial charge in [0.1, 0.15) is 0 Å². The van der Waals surface area contributed by atoms with E-state index >= 15 is 0 Å². The summed E-state index contributed by atoms with van der Waals surface area (Å²) in [6.45, 7) is 1.15. The van der Waals surface area contributed by atoms with Crippen LogP contribution >= 0.6 is 0 Å². The zero-order valence-corrected chi connectivity index (χ0v) is 12.5. The van der Waals surface area contributed by atoms with Crippen LogP contribution in [0.15, 0.2) is 47.9 Å². The summed E-state index contributed by atoms with van der Waals surface area (Å²) in [7, 11) is -3.47. The molecule has 0 aliphatic rings. The van der Waals surface area contributed by atoms with Crippen LogP contribution in [0.3, 0.4) is 0 Å². The molecule has 2 rings (SSSR count). The monoisotopic (exact) mass is 309 g/mol. The average Bonchev–Trinajstić information content (AvgIpc) is 2.98. The van der Waals surface area contributed by atoms with E-state index < -0.39 is 10.0 Å². The van der Waals surface area contributed by atoms with Gasteiger partial charge in [-0.05, 0) is 30.5 Å². The number of aromatic nitrogens is 2. The average molecular weight is 309 g/mol. The molecule has 21 heavy (non-hydrogen) atoms. The fraction of sp³-hybridized carbons (Fsp3) is 0.357. The van der Waals surface area contributed by atoms with E-state index in [9.17, 15) is 8.42 Å². The van der Waals surface area contributed by atoms with Gasteiger partial charge in [0.2, 0.25) is 10.0 Å². The third-order valence-corrected chi connectivity index (χ3v) is 4.56. The molecule has 0 saturated heterocycles. The summed E-state index contributed by atoms with van der Waals surface area (Å²) in [5, 5.41) is 8.83. The largest absolute Gasteiger partial charge is 0.396 e. The first-order chi connectivity index (χ1) is 10.1. The Kier molecular flexibility index (Phi) is 5.49. The maximum Gasteiger partial charge on any atom is 0.240 e. The van der Waals surface area contributed by atoms with E-state index in [-0.39, 0.29) is 11.5 Å².